The van der Waals surface area contributed by atoms with Gasteiger partial charge in [-0.1, -0.05) is 6.92 Å². The molecule has 0 aliphatic carbocycles. The largest absolute Gasteiger partial charge is 0.380 e. The summed E-state index contributed by atoms with van der Waals surface area (Å²) in [6.45, 7) is 13.5. The van der Waals surface area contributed by atoms with Crippen LogP contribution in [0.5, 0.6) is 0 Å². The van der Waals surface area contributed by atoms with E-state index in [2.05, 4.69) is 31.0 Å². The van der Waals surface area contributed by atoms with Crippen molar-refractivity contribution in [2.45, 2.75) is 26.3 Å². The summed E-state index contributed by atoms with van der Waals surface area (Å²) in [6, 6.07) is 0. The van der Waals surface area contributed by atoms with Gasteiger partial charge in [0.05, 0.1) is 13.2 Å². The molecule has 0 amide bonds. The van der Waals surface area contributed by atoms with Crippen LogP contribution in [0.4, 0.5) is 0 Å². The van der Waals surface area contributed by atoms with E-state index in [9.17, 15) is 0 Å². The van der Waals surface area contributed by atoms with Gasteiger partial charge < -0.3 is 10.1 Å². The molecule has 0 aromatic carbocycles. The lowest BCUT2D eigenvalue weighted by atomic mass is 9.70. The Labute approximate surface area is 86.8 Å². The van der Waals surface area contributed by atoms with E-state index < -0.39 is 0 Å². The van der Waals surface area contributed by atoms with Gasteiger partial charge in [0, 0.05) is 37.1 Å². The van der Waals surface area contributed by atoms with Crippen LogP contribution in [-0.4, -0.2) is 49.8 Å². The standard InChI is InChI=1S/C11H22N2O/c1-10(2,11(3)8-14-9-11)13-6-4-12-5-7-13/h12H,4-9H2,1-3H3. The molecule has 0 atom stereocenters. The van der Waals surface area contributed by atoms with E-state index in [1.54, 1.807) is 0 Å². The molecule has 2 heterocycles. The molecular weight excluding hydrogens is 176 g/mol. The Morgan fingerprint density at radius 2 is 1.79 bits per heavy atom. The second-order valence-electron chi connectivity index (χ2n) is 5.35. The fraction of sp³-hybridized carbons (Fsp3) is 1.00. The first kappa shape index (κ1) is 10.4. The maximum absolute atomic E-state index is 5.37. The highest BCUT2D eigenvalue weighted by molar-refractivity contribution is 5.02. The zero-order valence-electron chi connectivity index (χ0n) is 9.60. The van der Waals surface area contributed by atoms with Gasteiger partial charge in [-0.05, 0) is 13.8 Å². The smallest absolute Gasteiger partial charge is 0.0559 e. The first-order valence-electron chi connectivity index (χ1n) is 5.60. The van der Waals surface area contributed by atoms with E-state index in [-0.39, 0.29) is 5.54 Å². The van der Waals surface area contributed by atoms with Gasteiger partial charge in [-0.2, -0.15) is 0 Å². The van der Waals surface area contributed by atoms with Crippen LogP contribution in [0.25, 0.3) is 0 Å². The molecule has 3 nitrogen and oxygen atoms in total. The highest BCUT2D eigenvalue weighted by atomic mass is 16.5. The summed E-state index contributed by atoms with van der Waals surface area (Å²) >= 11 is 0. The number of piperazine rings is 1. The van der Waals surface area contributed by atoms with Crippen molar-refractivity contribution < 1.29 is 4.74 Å². The maximum atomic E-state index is 5.37. The Bertz CT molecular complexity index is 205. The lowest BCUT2D eigenvalue weighted by Crippen LogP contribution is -2.66. The average Bonchev–Trinajstić information content (AvgIpc) is 2.15. The molecule has 2 aliphatic rings. The van der Waals surface area contributed by atoms with Crippen LogP contribution in [-0.2, 0) is 4.74 Å². The van der Waals surface area contributed by atoms with Crippen molar-refractivity contribution in [3.63, 3.8) is 0 Å². The molecule has 82 valence electrons. The molecule has 2 aliphatic heterocycles. The topological polar surface area (TPSA) is 24.5 Å². The lowest BCUT2D eigenvalue weighted by molar-refractivity contribution is -0.176. The third kappa shape index (κ3) is 1.47. The minimum atomic E-state index is 0.271. The third-order valence-electron chi connectivity index (χ3n) is 4.23. The van der Waals surface area contributed by atoms with Crippen LogP contribution in [0, 0.1) is 5.41 Å². The first-order chi connectivity index (χ1) is 6.56. The van der Waals surface area contributed by atoms with Crippen LogP contribution in [0.2, 0.25) is 0 Å². The number of nitrogens with zero attached hydrogens (tertiary/aromatic N) is 1. The molecule has 0 bridgehead atoms. The Hall–Kier alpha value is -0.120. The molecule has 2 rings (SSSR count). The summed E-state index contributed by atoms with van der Waals surface area (Å²) in [5.41, 5.74) is 0.623. The molecule has 2 saturated heterocycles. The van der Waals surface area contributed by atoms with Gasteiger partial charge in [-0.3, -0.25) is 4.90 Å². The van der Waals surface area contributed by atoms with Gasteiger partial charge in [0.2, 0.25) is 0 Å². The van der Waals surface area contributed by atoms with Crippen LogP contribution in [0.1, 0.15) is 20.8 Å². The van der Waals surface area contributed by atoms with Crippen molar-refractivity contribution in [2.24, 2.45) is 5.41 Å². The SMILES string of the molecule is CC1(C(C)(C)N2CCNCC2)COC1. The quantitative estimate of drug-likeness (QED) is 0.707. The fourth-order valence-corrected chi connectivity index (χ4v) is 2.37. The number of hydrogen-bond acceptors (Lipinski definition) is 3. The Kier molecular flexibility index (Phi) is 2.58. The number of hydrogen-bond donors (Lipinski definition) is 1. The second kappa shape index (κ2) is 3.47. The van der Waals surface area contributed by atoms with Crippen LogP contribution < -0.4 is 5.32 Å². The second-order valence-corrected chi connectivity index (χ2v) is 5.35. The zero-order chi connectivity index (χ0) is 10.2. The molecule has 3 heteroatoms. The van der Waals surface area contributed by atoms with E-state index in [0.29, 0.717) is 5.41 Å². The molecule has 1 N–H and O–H groups in total. The monoisotopic (exact) mass is 198 g/mol. The molecule has 0 aromatic rings. The normalized spacial score (nSPS) is 28.5. The Morgan fingerprint density at radius 1 is 1.21 bits per heavy atom. The van der Waals surface area contributed by atoms with Gasteiger partial charge in [0.1, 0.15) is 0 Å². The average molecular weight is 198 g/mol. The minimum absolute atomic E-state index is 0.271. The lowest BCUT2D eigenvalue weighted by Gasteiger charge is -2.56. The highest BCUT2D eigenvalue weighted by Crippen LogP contribution is 2.41. The van der Waals surface area contributed by atoms with Crippen molar-refractivity contribution in [1.29, 1.82) is 0 Å². The predicted octanol–water partition coefficient (Wildman–Crippen LogP) is 0.707. The molecule has 0 unspecified atom stereocenters. The van der Waals surface area contributed by atoms with E-state index >= 15 is 0 Å². The van der Waals surface area contributed by atoms with Gasteiger partial charge in [0.25, 0.3) is 0 Å². The predicted molar refractivity (Wildman–Crippen MR) is 57.4 cm³/mol. The van der Waals surface area contributed by atoms with E-state index in [0.717, 1.165) is 26.3 Å². The molecule has 0 aromatic heterocycles. The van der Waals surface area contributed by atoms with Gasteiger partial charge in [-0.25, -0.2) is 0 Å². The molecular formula is C11H22N2O. The molecule has 0 spiro atoms. The maximum Gasteiger partial charge on any atom is 0.0559 e. The van der Waals surface area contributed by atoms with E-state index in [1.165, 1.54) is 13.1 Å². The number of rotatable bonds is 2. The van der Waals surface area contributed by atoms with Crippen molar-refractivity contribution >= 4 is 0 Å². The third-order valence-corrected chi connectivity index (χ3v) is 4.23. The molecule has 14 heavy (non-hydrogen) atoms. The summed E-state index contributed by atoms with van der Waals surface area (Å²) in [5, 5.41) is 3.40. The van der Waals surface area contributed by atoms with Crippen molar-refractivity contribution in [1.82, 2.24) is 10.2 Å². The van der Waals surface area contributed by atoms with Crippen molar-refractivity contribution in [3.8, 4) is 0 Å². The highest BCUT2D eigenvalue weighted by Gasteiger charge is 2.50. The minimum Gasteiger partial charge on any atom is -0.380 e. The first-order valence-corrected chi connectivity index (χ1v) is 5.60. The Morgan fingerprint density at radius 3 is 2.21 bits per heavy atom. The van der Waals surface area contributed by atoms with Gasteiger partial charge >= 0.3 is 0 Å². The number of nitrogens with one attached hydrogen (secondary N) is 1. The summed E-state index contributed by atoms with van der Waals surface area (Å²) in [5.74, 6) is 0. The van der Waals surface area contributed by atoms with Crippen LogP contribution in [0.3, 0.4) is 0 Å². The summed E-state index contributed by atoms with van der Waals surface area (Å²) in [7, 11) is 0. The fourth-order valence-electron chi connectivity index (χ4n) is 2.37. The zero-order valence-corrected chi connectivity index (χ0v) is 9.60. The summed E-state index contributed by atoms with van der Waals surface area (Å²) < 4.78 is 5.37. The van der Waals surface area contributed by atoms with E-state index in [4.69, 9.17) is 4.74 Å². The van der Waals surface area contributed by atoms with Crippen molar-refractivity contribution in [3.05, 3.63) is 0 Å². The number of ether oxygens (including phenoxy) is 1. The van der Waals surface area contributed by atoms with Crippen molar-refractivity contribution in [2.75, 3.05) is 39.4 Å². The van der Waals surface area contributed by atoms with Crippen LogP contribution >= 0.6 is 0 Å². The summed E-state index contributed by atoms with van der Waals surface area (Å²) in [4.78, 5) is 2.60. The Balaban J connectivity index is 2.05. The molecule has 0 saturated carbocycles. The van der Waals surface area contributed by atoms with Crippen LogP contribution in [0.15, 0.2) is 0 Å². The van der Waals surface area contributed by atoms with Gasteiger partial charge in [-0.15, -0.1) is 0 Å². The van der Waals surface area contributed by atoms with Gasteiger partial charge in [0.15, 0.2) is 0 Å². The molecule has 2 fully saturated rings. The summed E-state index contributed by atoms with van der Waals surface area (Å²) in [6.07, 6.45) is 0. The van der Waals surface area contributed by atoms with E-state index in [1.807, 2.05) is 0 Å². The molecule has 0 radical (unpaired) electrons.